The Balaban J connectivity index is 2.18. The molecule has 2 aliphatic carbocycles. The van der Waals surface area contributed by atoms with E-state index >= 15 is 0 Å². The van der Waals surface area contributed by atoms with Crippen LogP contribution in [0.4, 0.5) is 0 Å². The summed E-state index contributed by atoms with van der Waals surface area (Å²) in [5, 5.41) is 0. The molecular weight excluding hydrogens is 208 g/mol. The van der Waals surface area contributed by atoms with Crippen molar-refractivity contribution >= 4 is 11.9 Å². The molecule has 4 heteroatoms. The summed E-state index contributed by atoms with van der Waals surface area (Å²) in [6, 6.07) is 0. The Kier molecular flexibility index (Phi) is 2.99. The van der Waals surface area contributed by atoms with Crippen molar-refractivity contribution in [3.8, 4) is 0 Å². The van der Waals surface area contributed by atoms with Crippen molar-refractivity contribution in [1.29, 1.82) is 0 Å². The average Bonchev–Trinajstić information content (AvgIpc) is 2.87. The number of fused-ring (bicyclic) bond motifs is 2. The van der Waals surface area contributed by atoms with Gasteiger partial charge in [0.1, 0.15) is 0 Å². The van der Waals surface area contributed by atoms with Crippen LogP contribution < -0.4 is 0 Å². The molecule has 0 spiro atoms. The van der Waals surface area contributed by atoms with Crippen LogP contribution in [0.1, 0.15) is 13.3 Å². The third-order valence-corrected chi connectivity index (χ3v) is 3.49. The molecule has 0 aromatic carbocycles. The monoisotopic (exact) mass is 224 g/mol. The lowest BCUT2D eigenvalue weighted by molar-refractivity contribution is -0.159. The van der Waals surface area contributed by atoms with Crippen LogP contribution in [0.3, 0.4) is 0 Å². The van der Waals surface area contributed by atoms with Crippen LogP contribution in [0.15, 0.2) is 12.2 Å². The number of carbonyl (C=O) groups is 2. The molecule has 0 aromatic heterocycles. The molecule has 88 valence electrons. The van der Waals surface area contributed by atoms with E-state index in [0.29, 0.717) is 6.61 Å². The van der Waals surface area contributed by atoms with Gasteiger partial charge in [0.2, 0.25) is 0 Å². The molecule has 1 saturated carbocycles. The molecule has 2 aliphatic rings. The maximum atomic E-state index is 11.8. The summed E-state index contributed by atoms with van der Waals surface area (Å²) in [6.45, 7) is 2.12. The number of carbonyl (C=O) groups excluding carboxylic acids is 2. The van der Waals surface area contributed by atoms with Crippen LogP contribution in [-0.2, 0) is 19.1 Å². The van der Waals surface area contributed by atoms with E-state index in [-0.39, 0.29) is 35.6 Å². The van der Waals surface area contributed by atoms with Gasteiger partial charge >= 0.3 is 11.9 Å². The maximum absolute atomic E-state index is 11.8. The number of ether oxygens (including phenoxy) is 2. The second-order valence-corrected chi connectivity index (χ2v) is 4.28. The number of allylic oxidation sites excluding steroid dienone is 2. The number of hydrogen-bond acceptors (Lipinski definition) is 4. The molecular formula is C12H16O4. The zero-order valence-corrected chi connectivity index (χ0v) is 9.51. The van der Waals surface area contributed by atoms with Crippen molar-refractivity contribution in [3.05, 3.63) is 12.2 Å². The summed E-state index contributed by atoms with van der Waals surface area (Å²) < 4.78 is 9.79. The van der Waals surface area contributed by atoms with Crippen molar-refractivity contribution in [2.45, 2.75) is 13.3 Å². The van der Waals surface area contributed by atoms with Gasteiger partial charge in [-0.05, 0) is 25.2 Å². The summed E-state index contributed by atoms with van der Waals surface area (Å²) in [7, 11) is 1.36. The fourth-order valence-electron chi connectivity index (χ4n) is 2.84. The minimum atomic E-state index is -0.348. The van der Waals surface area contributed by atoms with Gasteiger partial charge in [-0.1, -0.05) is 12.2 Å². The van der Waals surface area contributed by atoms with Gasteiger partial charge in [0.15, 0.2) is 0 Å². The van der Waals surface area contributed by atoms with Crippen LogP contribution in [0.25, 0.3) is 0 Å². The molecule has 2 rings (SSSR count). The zero-order chi connectivity index (χ0) is 11.7. The molecule has 0 aliphatic heterocycles. The molecule has 1 fully saturated rings. The summed E-state index contributed by atoms with van der Waals surface area (Å²) in [4.78, 5) is 23.5. The first kappa shape index (κ1) is 11.2. The Morgan fingerprint density at radius 2 is 1.75 bits per heavy atom. The first-order valence-electron chi connectivity index (χ1n) is 5.61. The zero-order valence-electron chi connectivity index (χ0n) is 9.51. The average molecular weight is 224 g/mol. The Morgan fingerprint density at radius 3 is 2.25 bits per heavy atom. The largest absolute Gasteiger partial charge is 0.469 e. The normalized spacial score (nSPS) is 35.1. The van der Waals surface area contributed by atoms with Crippen molar-refractivity contribution in [1.82, 2.24) is 0 Å². The SMILES string of the molecule is CCOC(=O)[C@@H]1[C@@H](C(=O)OC)[C@H]2C=C[C@@H]1C2. The Hall–Kier alpha value is -1.32. The lowest BCUT2D eigenvalue weighted by Gasteiger charge is -2.23. The van der Waals surface area contributed by atoms with Crippen LogP contribution in [0.2, 0.25) is 0 Å². The number of rotatable bonds is 3. The van der Waals surface area contributed by atoms with E-state index in [2.05, 4.69) is 0 Å². The van der Waals surface area contributed by atoms with E-state index in [1.54, 1.807) is 6.92 Å². The summed E-state index contributed by atoms with van der Waals surface area (Å²) in [5.74, 6) is -0.967. The second kappa shape index (κ2) is 4.28. The van der Waals surface area contributed by atoms with E-state index in [0.717, 1.165) is 6.42 Å². The highest BCUT2D eigenvalue weighted by Gasteiger charge is 2.52. The molecule has 16 heavy (non-hydrogen) atoms. The Labute approximate surface area is 94.6 Å². The smallest absolute Gasteiger partial charge is 0.310 e. The number of hydrogen-bond donors (Lipinski definition) is 0. The van der Waals surface area contributed by atoms with Crippen LogP contribution in [-0.4, -0.2) is 25.7 Å². The quantitative estimate of drug-likeness (QED) is 0.533. The first-order valence-corrected chi connectivity index (χ1v) is 5.61. The van der Waals surface area contributed by atoms with Gasteiger partial charge in [-0.2, -0.15) is 0 Å². The highest BCUT2D eigenvalue weighted by molar-refractivity contribution is 5.84. The van der Waals surface area contributed by atoms with E-state index < -0.39 is 0 Å². The maximum Gasteiger partial charge on any atom is 0.310 e. The molecule has 0 aromatic rings. The van der Waals surface area contributed by atoms with Gasteiger partial charge in [0, 0.05) is 0 Å². The molecule has 0 amide bonds. The van der Waals surface area contributed by atoms with Crippen molar-refractivity contribution < 1.29 is 19.1 Å². The van der Waals surface area contributed by atoms with Crippen LogP contribution >= 0.6 is 0 Å². The molecule has 0 radical (unpaired) electrons. The third-order valence-electron chi connectivity index (χ3n) is 3.49. The van der Waals surface area contributed by atoms with Crippen molar-refractivity contribution in [2.75, 3.05) is 13.7 Å². The predicted octanol–water partition coefficient (Wildman–Crippen LogP) is 1.16. The second-order valence-electron chi connectivity index (χ2n) is 4.28. The van der Waals surface area contributed by atoms with Gasteiger partial charge in [-0.3, -0.25) is 9.59 Å². The first-order chi connectivity index (χ1) is 7.69. The molecule has 4 nitrogen and oxygen atoms in total. The predicted molar refractivity (Wildman–Crippen MR) is 56.4 cm³/mol. The minimum Gasteiger partial charge on any atom is -0.469 e. The molecule has 4 atom stereocenters. The Morgan fingerprint density at radius 1 is 1.19 bits per heavy atom. The van der Waals surface area contributed by atoms with Crippen molar-refractivity contribution in [3.63, 3.8) is 0 Å². The van der Waals surface area contributed by atoms with Gasteiger partial charge in [0.05, 0.1) is 25.6 Å². The highest BCUT2D eigenvalue weighted by atomic mass is 16.5. The van der Waals surface area contributed by atoms with Gasteiger partial charge in [0.25, 0.3) is 0 Å². The van der Waals surface area contributed by atoms with E-state index in [9.17, 15) is 9.59 Å². The summed E-state index contributed by atoms with van der Waals surface area (Å²) in [5.41, 5.74) is 0. The standard InChI is InChI=1S/C12H16O4/c1-3-16-12(14)10-8-5-4-7(6-8)9(10)11(13)15-2/h4-5,7-10H,3,6H2,1-2H3/t7-,8+,9-,10-/m0/s1. The van der Waals surface area contributed by atoms with Crippen LogP contribution in [0.5, 0.6) is 0 Å². The minimum absolute atomic E-state index is 0.145. The van der Waals surface area contributed by atoms with Crippen molar-refractivity contribution in [2.24, 2.45) is 23.7 Å². The lowest BCUT2D eigenvalue weighted by Crippen LogP contribution is -2.34. The van der Waals surface area contributed by atoms with Gasteiger partial charge in [-0.15, -0.1) is 0 Å². The highest BCUT2D eigenvalue weighted by Crippen LogP contribution is 2.48. The Bertz CT molecular complexity index is 334. The number of esters is 2. The third kappa shape index (κ3) is 1.62. The topological polar surface area (TPSA) is 52.6 Å². The van der Waals surface area contributed by atoms with Gasteiger partial charge < -0.3 is 9.47 Å². The molecule has 0 unspecified atom stereocenters. The lowest BCUT2D eigenvalue weighted by atomic mass is 9.83. The number of methoxy groups -OCH3 is 1. The van der Waals surface area contributed by atoms with Crippen LogP contribution in [0, 0.1) is 23.7 Å². The molecule has 0 saturated heterocycles. The fraction of sp³-hybridized carbons (Fsp3) is 0.667. The fourth-order valence-corrected chi connectivity index (χ4v) is 2.84. The van der Waals surface area contributed by atoms with E-state index in [4.69, 9.17) is 9.47 Å². The van der Waals surface area contributed by atoms with E-state index in [1.165, 1.54) is 7.11 Å². The summed E-state index contributed by atoms with van der Waals surface area (Å²) >= 11 is 0. The van der Waals surface area contributed by atoms with E-state index in [1.807, 2.05) is 12.2 Å². The molecule has 0 N–H and O–H groups in total. The molecule has 2 bridgehead atoms. The molecule has 0 heterocycles. The van der Waals surface area contributed by atoms with Gasteiger partial charge in [-0.25, -0.2) is 0 Å². The summed E-state index contributed by atoms with van der Waals surface area (Å²) in [6.07, 6.45) is 4.90.